The summed E-state index contributed by atoms with van der Waals surface area (Å²) in [7, 11) is 0. The Labute approximate surface area is 180 Å². The molecule has 2 fully saturated rings. The molecule has 4 aliphatic carbocycles. The van der Waals surface area contributed by atoms with E-state index < -0.39 is 0 Å². The van der Waals surface area contributed by atoms with Gasteiger partial charge < -0.3 is 21.3 Å². The highest BCUT2D eigenvalue weighted by Gasteiger charge is 2.36. The number of hydrogen-bond acceptors (Lipinski definition) is 2. The number of urea groups is 2. The summed E-state index contributed by atoms with van der Waals surface area (Å²) in [6, 6.07) is -0.0721. The third-order valence-electron chi connectivity index (χ3n) is 7.56. The number of rotatable bonds is 11. The molecule has 4 aliphatic rings. The molecule has 0 unspecified atom stereocenters. The standard InChI is InChI=1S/C24H38N4O2/c29-23(27-15-21-13-17-5-7-19(21)11-17)25-9-3-1-2-4-10-26-24(30)28-16-22-14-18-6-8-20(22)12-18/h5-8,17-22H,1-4,9-16H2,(H2,25,27,29)(H2,26,28,30)/t17-,18-,19-,20-,21-,22-/m0/s1. The summed E-state index contributed by atoms with van der Waals surface area (Å²) in [6.45, 7) is 3.02. The van der Waals surface area contributed by atoms with Crippen molar-refractivity contribution in [3.8, 4) is 0 Å². The van der Waals surface area contributed by atoms with Crippen LogP contribution in [0.3, 0.4) is 0 Å². The van der Waals surface area contributed by atoms with Gasteiger partial charge in [-0.1, -0.05) is 37.1 Å². The van der Waals surface area contributed by atoms with Crippen LogP contribution < -0.4 is 21.3 Å². The number of carbonyl (C=O) groups excluding carboxylic acids is 2. The smallest absolute Gasteiger partial charge is 0.314 e. The van der Waals surface area contributed by atoms with E-state index in [1.54, 1.807) is 0 Å². The zero-order valence-corrected chi connectivity index (χ0v) is 18.1. The second kappa shape index (κ2) is 10.4. The van der Waals surface area contributed by atoms with E-state index in [1.807, 2.05) is 0 Å². The maximum absolute atomic E-state index is 11.9. The molecule has 6 nitrogen and oxygen atoms in total. The molecule has 0 aromatic carbocycles. The fourth-order valence-electron chi connectivity index (χ4n) is 5.84. The van der Waals surface area contributed by atoms with Crippen molar-refractivity contribution < 1.29 is 9.59 Å². The first-order valence-corrected chi connectivity index (χ1v) is 12.1. The number of hydrogen-bond donors (Lipinski definition) is 4. The van der Waals surface area contributed by atoms with Crippen LogP contribution in [-0.2, 0) is 0 Å². The molecule has 30 heavy (non-hydrogen) atoms. The van der Waals surface area contributed by atoms with E-state index in [-0.39, 0.29) is 12.1 Å². The summed E-state index contributed by atoms with van der Waals surface area (Å²) in [5, 5.41) is 12.0. The molecule has 0 aromatic heterocycles. The number of nitrogens with one attached hydrogen (secondary N) is 4. The molecule has 0 aliphatic heterocycles. The van der Waals surface area contributed by atoms with Gasteiger partial charge in [-0.3, -0.25) is 0 Å². The van der Waals surface area contributed by atoms with Crippen LogP contribution in [0.5, 0.6) is 0 Å². The summed E-state index contributed by atoms with van der Waals surface area (Å²) < 4.78 is 0. The molecule has 2 saturated carbocycles. The highest BCUT2D eigenvalue weighted by molar-refractivity contribution is 5.74. The predicted molar refractivity (Wildman–Crippen MR) is 119 cm³/mol. The van der Waals surface area contributed by atoms with Crippen LogP contribution in [0.15, 0.2) is 24.3 Å². The summed E-state index contributed by atoms with van der Waals surface area (Å²) in [4.78, 5) is 23.8. The largest absolute Gasteiger partial charge is 0.338 e. The molecule has 0 heterocycles. The van der Waals surface area contributed by atoms with E-state index in [1.165, 1.54) is 25.7 Å². The lowest BCUT2D eigenvalue weighted by molar-refractivity contribution is 0.236. The number of fused-ring (bicyclic) bond motifs is 4. The predicted octanol–water partition coefficient (Wildman–Crippen LogP) is 3.57. The highest BCUT2D eigenvalue weighted by Crippen LogP contribution is 2.43. The average Bonchev–Trinajstić information content (AvgIpc) is 3.54. The molecule has 0 radical (unpaired) electrons. The lowest BCUT2D eigenvalue weighted by Gasteiger charge is -2.18. The molecule has 0 saturated heterocycles. The van der Waals surface area contributed by atoms with Crippen molar-refractivity contribution in [3.63, 3.8) is 0 Å². The van der Waals surface area contributed by atoms with Gasteiger partial charge in [-0.2, -0.15) is 0 Å². The van der Waals surface area contributed by atoms with Gasteiger partial charge in [0.25, 0.3) is 0 Å². The van der Waals surface area contributed by atoms with Gasteiger partial charge in [0, 0.05) is 26.2 Å². The Morgan fingerprint density at radius 1 is 0.600 bits per heavy atom. The molecule has 4 bridgehead atoms. The minimum atomic E-state index is -0.0361. The van der Waals surface area contributed by atoms with E-state index in [0.717, 1.165) is 50.6 Å². The van der Waals surface area contributed by atoms with Crippen LogP contribution in [0.4, 0.5) is 9.59 Å². The Kier molecular flexibility index (Phi) is 7.34. The SMILES string of the molecule is O=C(NCCCCCCNC(=O)NC[C@@H]1C[C@H]2C=C[C@H]1C2)NC[C@@H]1C[C@H]2C=C[C@H]1C2. The summed E-state index contributed by atoms with van der Waals surface area (Å²) in [6.07, 6.45) is 18.4. The van der Waals surface area contributed by atoms with E-state index in [0.29, 0.717) is 36.8 Å². The normalized spacial score (nSPS) is 32.5. The fraction of sp³-hybridized carbons (Fsp3) is 0.750. The van der Waals surface area contributed by atoms with Crippen LogP contribution in [0.25, 0.3) is 0 Å². The number of carbonyl (C=O) groups is 2. The number of unbranched alkanes of at least 4 members (excludes halogenated alkanes) is 3. The van der Waals surface area contributed by atoms with E-state index >= 15 is 0 Å². The molecular formula is C24H38N4O2. The van der Waals surface area contributed by atoms with E-state index in [9.17, 15) is 9.59 Å². The zero-order valence-electron chi connectivity index (χ0n) is 18.1. The lowest BCUT2D eigenvalue weighted by atomic mass is 9.94. The molecule has 6 heteroatoms. The van der Waals surface area contributed by atoms with Crippen molar-refractivity contribution in [2.75, 3.05) is 26.2 Å². The van der Waals surface area contributed by atoms with Gasteiger partial charge in [-0.05, 0) is 74.0 Å². The number of allylic oxidation sites excluding steroid dienone is 4. The summed E-state index contributed by atoms with van der Waals surface area (Å²) in [5.41, 5.74) is 0. The third kappa shape index (κ3) is 5.79. The lowest BCUT2D eigenvalue weighted by Crippen LogP contribution is -2.39. The zero-order chi connectivity index (χ0) is 20.8. The molecule has 4 rings (SSSR count). The van der Waals surface area contributed by atoms with Gasteiger partial charge in [0.15, 0.2) is 0 Å². The molecule has 0 aromatic rings. The van der Waals surface area contributed by atoms with Gasteiger partial charge in [0.05, 0.1) is 0 Å². The van der Waals surface area contributed by atoms with Crippen molar-refractivity contribution >= 4 is 12.1 Å². The second-order valence-electron chi connectivity index (χ2n) is 9.77. The van der Waals surface area contributed by atoms with E-state index in [2.05, 4.69) is 45.6 Å². The topological polar surface area (TPSA) is 82.3 Å². The second-order valence-corrected chi connectivity index (χ2v) is 9.77. The fourth-order valence-corrected chi connectivity index (χ4v) is 5.84. The first kappa shape index (κ1) is 21.3. The first-order chi connectivity index (χ1) is 14.7. The molecule has 4 N–H and O–H groups in total. The number of amides is 4. The third-order valence-corrected chi connectivity index (χ3v) is 7.56. The van der Waals surface area contributed by atoms with Crippen LogP contribution >= 0.6 is 0 Å². The van der Waals surface area contributed by atoms with Crippen LogP contribution in [-0.4, -0.2) is 38.2 Å². The minimum absolute atomic E-state index is 0.0361. The van der Waals surface area contributed by atoms with Crippen LogP contribution in [0.2, 0.25) is 0 Å². The first-order valence-electron chi connectivity index (χ1n) is 12.1. The van der Waals surface area contributed by atoms with Gasteiger partial charge in [-0.15, -0.1) is 0 Å². The van der Waals surface area contributed by atoms with Gasteiger partial charge in [-0.25, -0.2) is 9.59 Å². The molecular weight excluding hydrogens is 376 g/mol. The Morgan fingerprint density at radius 3 is 1.43 bits per heavy atom. The van der Waals surface area contributed by atoms with Crippen molar-refractivity contribution in [2.45, 2.75) is 51.4 Å². The van der Waals surface area contributed by atoms with Gasteiger partial charge >= 0.3 is 12.1 Å². The Hall–Kier alpha value is -1.98. The van der Waals surface area contributed by atoms with Crippen molar-refractivity contribution in [1.29, 1.82) is 0 Å². The molecule has 0 spiro atoms. The summed E-state index contributed by atoms with van der Waals surface area (Å²) in [5.74, 6) is 4.12. The van der Waals surface area contributed by atoms with Gasteiger partial charge in [0.1, 0.15) is 0 Å². The monoisotopic (exact) mass is 414 g/mol. The van der Waals surface area contributed by atoms with Crippen molar-refractivity contribution in [1.82, 2.24) is 21.3 Å². The Bertz CT molecular complexity index is 606. The average molecular weight is 415 g/mol. The summed E-state index contributed by atoms with van der Waals surface area (Å²) >= 11 is 0. The quantitative estimate of drug-likeness (QED) is 0.308. The molecule has 6 atom stereocenters. The molecule has 4 amide bonds. The van der Waals surface area contributed by atoms with Crippen LogP contribution in [0.1, 0.15) is 51.4 Å². The maximum Gasteiger partial charge on any atom is 0.314 e. The van der Waals surface area contributed by atoms with Crippen LogP contribution in [0, 0.1) is 35.5 Å². The maximum atomic E-state index is 11.9. The highest BCUT2D eigenvalue weighted by atomic mass is 16.2. The minimum Gasteiger partial charge on any atom is -0.338 e. The van der Waals surface area contributed by atoms with E-state index in [4.69, 9.17) is 0 Å². The van der Waals surface area contributed by atoms with Crippen molar-refractivity contribution in [2.24, 2.45) is 35.5 Å². The van der Waals surface area contributed by atoms with Crippen molar-refractivity contribution in [3.05, 3.63) is 24.3 Å². The Morgan fingerprint density at radius 2 is 1.07 bits per heavy atom. The molecule has 166 valence electrons. The Balaban J connectivity index is 0.927. The van der Waals surface area contributed by atoms with Gasteiger partial charge in [0.2, 0.25) is 0 Å².